The van der Waals surface area contributed by atoms with Crippen LogP contribution in [-0.2, 0) is 16.1 Å². The average molecular weight is 496 g/mol. The van der Waals surface area contributed by atoms with E-state index in [1.807, 2.05) is 12.1 Å². The summed E-state index contributed by atoms with van der Waals surface area (Å²) in [6, 6.07) is 8.64. The fourth-order valence-corrected chi connectivity index (χ4v) is 5.79. The number of pyridine rings is 2. The number of halogens is 1. The molecule has 2 amide bonds. The van der Waals surface area contributed by atoms with E-state index in [0.717, 1.165) is 4.90 Å². The molecule has 11 heteroatoms. The fourth-order valence-electron chi connectivity index (χ4n) is 5.00. The summed E-state index contributed by atoms with van der Waals surface area (Å²) in [5.41, 5.74) is 2.97. The third-order valence-electron chi connectivity index (χ3n) is 6.63. The third-order valence-corrected chi connectivity index (χ3v) is 7.70. The van der Waals surface area contributed by atoms with Gasteiger partial charge in [-0.1, -0.05) is 0 Å². The van der Waals surface area contributed by atoms with Crippen molar-refractivity contribution in [3.05, 3.63) is 58.3 Å². The van der Waals surface area contributed by atoms with Crippen molar-refractivity contribution in [2.45, 2.75) is 29.9 Å². The van der Waals surface area contributed by atoms with E-state index in [1.54, 1.807) is 21.6 Å². The number of ether oxygens (including phenoxy) is 1. The van der Waals surface area contributed by atoms with Gasteiger partial charge in [-0.15, -0.1) is 11.8 Å². The van der Waals surface area contributed by atoms with Crippen molar-refractivity contribution in [2.75, 3.05) is 35.6 Å². The standard InChI is InChI=1S/C24H22FN5O4S/c25-16-9-27-17-2-4-21(32)30-10-13(22(16)23(17)30)5-6-26-8-15-11-29(24(33)34-15)14-1-3-19-18(7-14)28-20(31)12-35-19/h1-4,7,9,13,15,26H,5-6,8,10-12H2,(H,28,31)/t13-,15-/m1/s1. The molecule has 3 aliphatic heterocycles. The molecule has 1 aromatic carbocycles. The van der Waals surface area contributed by atoms with Gasteiger partial charge < -0.3 is 19.9 Å². The predicted molar refractivity (Wildman–Crippen MR) is 130 cm³/mol. The zero-order valence-corrected chi connectivity index (χ0v) is 19.4. The van der Waals surface area contributed by atoms with Crippen molar-refractivity contribution in [3.8, 4) is 0 Å². The van der Waals surface area contributed by atoms with Crippen LogP contribution in [0.15, 0.2) is 46.2 Å². The molecule has 6 rings (SSSR count). The highest BCUT2D eigenvalue weighted by molar-refractivity contribution is 8.00. The molecule has 0 bridgehead atoms. The smallest absolute Gasteiger partial charge is 0.414 e. The van der Waals surface area contributed by atoms with Crippen LogP contribution in [0.3, 0.4) is 0 Å². The maximum absolute atomic E-state index is 14.6. The molecule has 1 fully saturated rings. The number of aromatic nitrogens is 2. The molecule has 0 radical (unpaired) electrons. The third kappa shape index (κ3) is 3.94. The van der Waals surface area contributed by atoms with E-state index in [2.05, 4.69) is 15.6 Å². The monoisotopic (exact) mass is 495 g/mol. The van der Waals surface area contributed by atoms with Crippen LogP contribution in [0.2, 0.25) is 0 Å². The summed E-state index contributed by atoms with van der Waals surface area (Å²) in [5, 5.41) is 6.14. The van der Waals surface area contributed by atoms with Crippen molar-refractivity contribution in [1.82, 2.24) is 14.9 Å². The number of nitrogens with zero attached hydrogens (tertiary/aromatic N) is 3. The summed E-state index contributed by atoms with van der Waals surface area (Å²) in [4.78, 5) is 43.0. The van der Waals surface area contributed by atoms with Crippen molar-refractivity contribution >= 4 is 46.2 Å². The van der Waals surface area contributed by atoms with E-state index in [1.165, 1.54) is 24.0 Å². The van der Waals surface area contributed by atoms with Crippen molar-refractivity contribution < 1.29 is 18.7 Å². The summed E-state index contributed by atoms with van der Waals surface area (Å²) in [7, 11) is 0. The van der Waals surface area contributed by atoms with E-state index >= 15 is 0 Å². The molecule has 3 aromatic rings. The summed E-state index contributed by atoms with van der Waals surface area (Å²) in [6.45, 7) is 1.84. The number of rotatable bonds is 6. The second-order valence-corrected chi connectivity index (χ2v) is 9.88. The Morgan fingerprint density at radius 3 is 2.97 bits per heavy atom. The molecule has 2 N–H and O–H groups in total. The number of hydrogen-bond donors (Lipinski definition) is 2. The number of fused-ring (bicyclic) bond motifs is 1. The first-order chi connectivity index (χ1) is 17.0. The molecule has 0 spiro atoms. The van der Waals surface area contributed by atoms with Crippen molar-refractivity contribution in [3.63, 3.8) is 0 Å². The Hall–Kier alpha value is -3.44. The predicted octanol–water partition coefficient (Wildman–Crippen LogP) is 2.68. The van der Waals surface area contributed by atoms with Crippen LogP contribution in [0.1, 0.15) is 17.9 Å². The number of amides is 2. The largest absolute Gasteiger partial charge is 0.443 e. The fraction of sp³-hybridized carbons (Fsp3) is 0.333. The first-order valence-corrected chi connectivity index (χ1v) is 12.4. The quantitative estimate of drug-likeness (QED) is 0.507. The van der Waals surface area contributed by atoms with Gasteiger partial charge in [0.25, 0.3) is 5.56 Å². The van der Waals surface area contributed by atoms with E-state index in [-0.39, 0.29) is 29.3 Å². The number of anilines is 2. The van der Waals surface area contributed by atoms with E-state index in [4.69, 9.17) is 4.74 Å². The Morgan fingerprint density at radius 1 is 1.20 bits per heavy atom. The maximum atomic E-state index is 14.6. The van der Waals surface area contributed by atoms with E-state index in [9.17, 15) is 18.8 Å². The Kier molecular flexibility index (Phi) is 5.45. The van der Waals surface area contributed by atoms with Gasteiger partial charge in [0.2, 0.25) is 5.91 Å². The second kappa shape index (κ2) is 8.65. The van der Waals surface area contributed by atoms with Gasteiger partial charge >= 0.3 is 6.09 Å². The molecule has 180 valence electrons. The lowest BCUT2D eigenvalue weighted by Crippen LogP contribution is -2.32. The van der Waals surface area contributed by atoms with Gasteiger partial charge in [0.1, 0.15) is 11.9 Å². The first kappa shape index (κ1) is 22.1. The molecule has 9 nitrogen and oxygen atoms in total. The van der Waals surface area contributed by atoms with Gasteiger partial charge in [-0.2, -0.15) is 0 Å². The lowest BCUT2D eigenvalue weighted by molar-refractivity contribution is -0.113. The van der Waals surface area contributed by atoms with Crippen LogP contribution < -0.4 is 21.1 Å². The molecular formula is C24H22FN5O4S. The number of cyclic esters (lactones) is 1. The normalized spacial score (nSPS) is 20.8. The summed E-state index contributed by atoms with van der Waals surface area (Å²) >= 11 is 1.47. The number of nitrogens with one attached hydrogen (secondary N) is 2. The Morgan fingerprint density at radius 2 is 2.09 bits per heavy atom. The van der Waals surface area contributed by atoms with Gasteiger partial charge in [-0.25, -0.2) is 9.18 Å². The first-order valence-electron chi connectivity index (χ1n) is 11.4. The van der Waals surface area contributed by atoms with Crippen LogP contribution >= 0.6 is 11.8 Å². The molecule has 2 aromatic heterocycles. The van der Waals surface area contributed by atoms with Gasteiger partial charge in [-0.05, 0) is 37.2 Å². The van der Waals surface area contributed by atoms with Crippen LogP contribution in [0.25, 0.3) is 11.0 Å². The van der Waals surface area contributed by atoms with Crippen LogP contribution in [-0.4, -0.2) is 53.0 Å². The van der Waals surface area contributed by atoms with Gasteiger partial charge in [-0.3, -0.25) is 19.5 Å². The second-order valence-electron chi connectivity index (χ2n) is 8.86. The van der Waals surface area contributed by atoms with Crippen LogP contribution in [0, 0.1) is 5.82 Å². The maximum Gasteiger partial charge on any atom is 0.414 e. The Balaban J connectivity index is 1.06. The lowest BCUT2D eigenvalue weighted by atomic mass is 9.97. The summed E-state index contributed by atoms with van der Waals surface area (Å²) < 4.78 is 21.7. The Labute approximate surface area is 203 Å². The lowest BCUT2D eigenvalue weighted by Gasteiger charge is -2.20. The molecule has 0 aliphatic carbocycles. The number of benzene rings is 1. The summed E-state index contributed by atoms with van der Waals surface area (Å²) in [6.07, 6.45) is 1.08. The highest BCUT2D eigenvalue weighted by Gasteiger charge is 2.33. The average Bonchev–Trinajstić information content (AvgIpc) is 3.42. The molecule has 0 saturated carbocycles. The molecule has 3 aliphatic rings. The molecule has 2 atom stereocenters. The Bertz CT molecular complexity index is 1430. The van der Waals surface area contributed by atoms with Crippen molar-refractivity contribution in [2.24, 2.45) is 0 Å². The number of thioether (sulfide) groups is 1. The zero-order valence-electron chi connectivity index (χ0n) is 18.6. The highest BCUT2D eigenvalue weighted by Crippen LogP contribution is 2.36. The minimum absolute atomic E-state index is 0.0617. The number of carbonyl (C=O) groups excluding carboxylic acids is 2. The van der Waals surface area contributed by atoms with Crippen LogP contribution in [0.4, 0.5) is 20.6 Å². The minimum atomic E-state index is -0.432. The molecule has 1 saturated heterocycles. The minimum Gasteiger partial charge on any atom is -0.443 e. The number of hydrogen-bond acceptors (Lipinski definition) is 7. The van der Waals surface area contributed by atoms with Gasteiger partial charge in [0.05, 0.1) is 35.2 Å². The summed E-state index contributed by atoms with van der Waals surface area (Å²) in [5.74, 6) is -0.198. The number of carbonyl (C=O) groups is 2. The van der Waals surface area contributed by atoms with E-state index < -0.39 is 6.09 Å². The molecule has 5 heterocycles. The SMILES string of the molecule is O=C1CSc2ccc(N3C[C@@H](CNCC[C@@H]4Cn5c(=O)ccc6ncc(F)c4c65)OC3=O)cc2N1. The van der Waals surface area contributed by atoms with Crippen molar-refractivity contribution in [1.29, 1.82) is 0 Å². The molecule has 0 unspecified atom stereocenters. The molecular weight excluding hydrogens is 473 g/mol. The molecule has 35 heavy (non-hydrogen) atoms. The van der Waals surface area contributed by atoms with Gasteiger partial charge in [0.15, 0.2) is 0 Å². The zero-order chi connectivity index (χ0) is 24.1. The van der Waals surface area contributed by atoms with E-state index in [0.29, 0.717) is 66.3 Å². The van der Waals surface area contributed by atoms with Crippen LogP contribution in [0.5, 0.6) is 0 Å². The van der Waals surface area contributed by atoms with Gasteiger partial charge in [0, 0.05) is 41.2 Å². The topological polar surface area (TPSA) is 106 Å². The highest BCUT2D eigenvalue weighted by atomic mass is 32.2.